The summed E-state index contributed by atoms with van der Waals surface area (Å²) in [5.74, 6) is -0.964. The first kappa shape index (κ1) is 25.5. The van der Waals surface area contributed by atoms with Crippen molar-refractivity contribution in [1.29, 1.82) is 0 Å². The zero-order chi connectivity index (χ0) is 22.9. The molecule has 2 N–H and O–H groups in total. The van der Waals surface area contributed by atoms with E-state index in [4.69, 9.17) is 9.47 Å². The molecule has 0 unspecified atom stereocenters. The quantitative estimate of drug-likeness (QED) is 0.593. The lowest BCUT2D eigenvalue weighted by atomic mass is 10.0. The normalized spacial score (nSPS) is 13.5. The number of nitrogens with one attached hydrogen (secondary N) is 2. The molecule has 0 bridgehead atoms. The summed E-state index contributed by atoms with van der Waals surface area (Å²) in [5.41, 5.74) is 0.189. The number of esters is 1. The Morgan fingerprint density at radius 1 is 0.967 bits per heavy atom. The Bertz CT molecular complexity index is 695. The van der Waals surface area contributed by atoms with E-state index >= 15 is 0 Å². The third-order valence-electron chi connectivity index (χ3n) is 4.15. The van der Waals surface area contributed by atoms with E-state index in [9.17, 15) is 14.4 Å². The van der Waals surface area contributed by atoms with Crippen LogP contribution in [0.1, 0.15) is 60.5 Å². The van der Waals surface area contributed by atoms with Crippen molar-refractivity contribution in [1.82, 2.24) is 10.6 Å². The molecule has 1 aromatic carbocycles. The molecule has 168 valence electrons. The van der Waals surface area contributed by atoms with Gasteiger partial charge in [0.25, 0.3) is 0 Å². The van der Waals surface area contributed by atoms with Gasteiger partial charge in [0.15, 0.2) is 0 Å². The van der Waals surface area contributed by atoms with E-state index in [1.165, 1.54) is 0 Å². The molecule has 0 aliphatic carbocycles. The molecule has 30 heavy (non-hydrogen) atoms. The summed E-state index contributed by atoms with van der Waals surface area (Å²) < 4.78 is 10.7. The van der Waals surface area contributed by atoms with Crippen molar-refractivity contribution in [2.75, 3.05) is 0 Å². The van der Waals surface area contributed by atoms with Crippen LogP contribution in [-0.4, -0.2) is 35.7 Å². The summed E-state index contributed by atoms with van der Waals surface area (Å²) in [6.45, 7) is 13.0. The van der Waals surface area contributed by atoms with Crippen molar-refractivity contribution in [3.63, 3.8) is 0 Å². The summed E-state index contributed by atoms with van der Waals surface area (Å²) >= 11 is 0. The maximum absolute atomic E-state index is 12.9. The lowest BCUT2D eigenvalue weighted by Crippen LogP contribution is -2.54. The van der Waals surface area contributed by atoms with Crippen LogP contribution in [0.3, 0.4) is 0 Å². The van der Waals surface area contributed by atoms with E-state index in [0.29, 0.717) is 6.42 Å². The second kappa shape index (κ2) is 11.6. The van der Waals surface area contributed by atoms with Crippen LogP contribution in [0.5, 0.6) is 0 Å². The Labute approximate surface area is 179 Å². The molecule has 0 heterocycles. The molecule has 0 aromatic heterocycles. The van der Waals surface area contributed by atoms with Crippen molar-refractivity contribution in [3.05, 3.63) is 35.9 Å². The molecular weight excluding hydrogens is 384 g/mol. The Hall–Kier alpha value is -2.57. The average molecular weight is 421 g/mol. The van der Waals surface area contributed by atoms with E-state index in [1.807, 2.05) is 58.0 Å². The Kier molecular flexibility index (Phi) is 9.82. The predicted molar refractivity (Wildman–Crippen MR) is 116 cm³/mol. The molecule has 7 heteroatoms. The molecule has 1 rings (SSSR count). The lowest BCUT2D eigenvalue weighted by molar-refractivity contribution is -0.159. The van der Waals surface area contributed by atoms with Gasteiger partial charge in [-0.3, -0.25) is 4.79 Å². The van der Waals surface area contributed by atoms with Gasteiger partial charge < -0.3 is 20.1 Å². The van der Waals surface area contributed by atoms with Crippen LogP contribution >= 0.6 is 0 Å². The Balaban J connectivity index is 2.76. The number of hydrogen-bond donors (Lipinski definition) is 2. The van der Waals surface area contributed by atoms with Gasteiger partial charge in [0.1, 0.15) is 24.3 Å². The van der Waals surface area contributed by atoms with Crippen molar-refractivity contribution in [3.8, 4) is 0 Å². The smallest absolute Gasteiger partial charge is 0.408 e. The zero-order valence-electron chi connectivity index (χ0n) is 19.2. The molecule has 2 amide bonds. The van der Waals surface area contributed by atoms with Gasteiger partial charge in [-0.2, -0.15) is 0 Å². The third kappa shape index (κ3) is 9.76. The highest BCUT2D eigenvalue weighted by Gasteiger charge is 2.32. The highest BCUT2D eigenvalue weighted by molar-refractivity contribution is 5.89. The molecule has 0 aliphatic rings. The second-order valence-corrected chi connectivity index (χ2v) is 9.15. The van der Waals surface area contributed by atoms with Gasteiger partial charge in [-0.25, -0.2) is 9.59 Å². The van der Waals surface area contributed by atoms with Crippen LogP contribution in [0.4, 0.5) is 4.79 Å². The maximum atomic E-state index is 12.9. The molecule has 0 fully saturated rings. The third-order valence-corrected chi connectivity index (χ3v) is 4.15. The minimum absolute atomic E-state index is 0.104. The molecule has 0 saturated carbocycles. The minimum Gasteiger partial charge on any atom is -0.458 e. The second-order valence-electron chi connectivity index (χ2n) is 9.15. The van der Waals surface area contributed by atoms with Crippen LogP contribution in [0, 0.1) is 11.8 Å². The van der Waals surface area contributed by atoms with Gasteiger partial charge in [-0.15, -0.1) is 0 Å². The van der Waals surface area contributed by atoms with Crippen molar-refractivity contribution in [2.24, 2.45) is 11.8 Å². The molecule has 0 radical (unpaired) electrons. The number of benzene rings is 1. The molecule has 1 aromatic rings. The Morgan fingerprint density at radius 2 is 1.57 bits per heavy atom. The summed E-state index contributed by atoms with van der Waals surface area (Å²) in [6, 6.07) is 7.64. The van der Waals surface area contributed by atoms with Crippen LogP contribution in [0.2, 0.25) is 0 Å². The van der Waals surface area contributed by atoms with Gasteiger partial charge in [-0.1, -0.05) is 58.0 Å². The first-order chi connectivity index (χ1) is 13.9. The molecular formula is C23H36N2O5. The number of ether oxygens (including phenoxy) is 2. The first-order valence-corrected chi connectivity index (χ1v) is 10.4. The average Bonchev–Trinajstić information content (AvgIpc) is 2.62. The van der Waals surface area contributed by atoms with Crippen LogP contribution < -0.4 is 10.6 Å². The van der Waals surface area contributed by atoms with Crippen molar-refractivity contribution in [2.45, 2.75) is 79.2 Å². The largest absolute Gasteiger partial charge is 0.458 e. The minimum atomic E-state index is -0.842. The standard InChI is InChI=1S/C23H36N2O5/c1-15(2)13-18(21(27)30-23(5,6)7)24-20(26)19(16(3)4)25-22(28)29-14-17-11-9-8-10-12-17/h8-12,15-16,18-19H,13-14H2,1-7H3,(H,24,26)(H,25,28)/t18-,19-/m1/s1. The summed E-state index contributed by atoms with van der Waals surface area (Å²) in [5, 5.41) is 5.35. The van der Waals surface area contributed by atoms with E-state index in [1.54, 1.807) is 20.8 Å². The van der Waals surface area contributed by atoms with Crippen LogP contribution in [0.15, 0.2) is 30.3 Å². The Morgan fingerprint density at radius 3 is 2.07 bits per heavy atom. The van der Waals surface area contributed by atoms with Gasteiger partial charge in [0.05, 0.1) is 0 Å². The molecule has 7 nitrogen and oxygen atoms in total. The fourth-order valence-electron chi connectivity index (χ4n) is 2.75. The van der Waals surface area contributed by atoms with E-state index in [-0.39, 0.29) is 18.4 Å². The van der Waals surface area contributed by atoms with E-state index in [2.05, 4.69) is 10.6 Å². The maximum Gasteiger partial charge on any atom is 0.408 e. The van der Waals surface area contributed by atoms with Crippen LogP contribution in [-0.2, 0) is 25.7 Å². The topological polar surface area (TPSA) is 93.7 Å². The number of alkyl carbamates (subject to hydrolysis) is 1. The molecule has 0 spiro atoms. The summed E-state index contributed by atoms with van der Waals surface area (Å²) in [6.07, 6.45) is -0.255. The highest BCUT2D eigenvalue weighted by atomic mass is 16.6. The van der Waals surface area contributed by atoms with Crippen LogP contribution in [0.25, 0.3) is 0 Å². The SMILES string of the molecule is CC(C)C[C@@H](NC(=O)[C@H](NC(=O)OCc1ccccc1)C(C)C)C(=O)OC(C)(C)C. The fraction of sp³-hybridized carbons (Fsp3) is 0.609. The van der Waals surface area contributed by atoms with E-state index in [0.717, 1.165) is 5.56 Å². The van der Waals surface area contributed by atoms with Crippen molar-refractivity contribution < 1.29 is 23.9 Å². The lowest BCUT2D eigenvalue weighted by Gasteiger charge is -2.28. The van der Waals surface area contributed by atoms with Gasteiger partial charge >= 0.3 is 12.1 Å². The molecule has 0 aliphatic heterocycles. The monoisotopic (exact) mass is 420 g/mol. The van der Waals surface area contributed by atoms with Gasteiger partial charge in [-0.05, 0) is 44.6 Å². The predicted octanol–water partition coefficient (Wildman–Crippen LogP) is 3.81. The molecule has 2 atom stereocenters. The summed E-state index contributed by atoms with van der Waals surface area (Å²) in [4.78, 5) is 37.6. The number of carbonyl (C=O) groups excluding carboxylic acids is 3. The number of rotatable bonds is 9. The van der Waals surface area contributed by atoms with Gasteiger partial charge in [0, 0.05) is 0 Å². The fourth-order valence-corrected chi connectivity index (χ4v) is 2.75. The number of hydrogen-bond acceptors (Lipinski definition) is 5. The zero-order valence-corrected chi connectivity index (χ0v) is 19.2. The number of carbonyl (C=O) groups is 3. The molecule has 0 saturated heterocycles. The summed E-state index contributed by atoms with van der Waals surface area (Å²) in [7, 11) is 0. The first-order valence-electron chi connectivity index (χ1n) is 10.4. The number of amides is 2. The highest BCUT2D eigenvalue weighted by Crippen LogP contribution is 2.14. The van der Waals surface area contributed by atoms with Gasteiger partial charge in [0.2, 0.25) is 5.91 Å². The van der Waals surface area contributed by atoms with Crippen molar-refractivity contribution >= 4 is 18.0 Å². The van der Waals surface area contributed by atoms with E-state index < -0.39 is 35.7 Å².